The first-order valence-electron chi connectivity index (χ1n) is 5.71. The average molecular weight is 250 g/mol. The summed E-state index contributed by atoms with van der Waals surface area (Å²) in [5, 5.41) is 8.97. The second-order valence-electron chi connectivity index (χ2n) is 4.31. The summed E-state index contributed by atoms with van der Waals surface area (Å²) in [6.07, 6.45) is 3.99. The van der Waals surface area contributed by atoms with Crippen molar-refractivity contribution in [1.82, 2.24) is 20.1 Å². The van der Waals surface area contributed by atoms with Crippen molar-refractivity contribution in [3.8, 4) is 0 Å². The van der Waals surface area contributed by atoms with Gasteiger partial charge in [0.25, 0.3) is 0 Å². The van der Waals surface area contributed by atoms with Crippen LogP contribution in [-0.2, 0) is 13.6 Å². The van der Waals surface area contributed by atoms with Crippen molar-refractivity contribution < 1.29 is 0 Å². The Bertz CT molecular complexity index is 500. The Hall–Kier alpha value is -1.20. The van der Waals surface area contributed by atoms with E-state index in [1.807, 2.05) is 24.9 Å². The zero-order valence-electron chi connectivity index (χ0n) is 10.7. The Morgan fingerprint density at radius 3 is 2.76 bits per heavy atom. The van der Waals surface area contributed by atoms with Gasteiger partial charge in [0.15, 0.2) is 0 Å². The Morgan fingerprint density at radius 1 is 1.47 bits per heavy atom. The van der Waals surface area contributed by atoms with Crippen molar-refractivity contribution in [2.24, 2.45) is 7.05 Å². The second-order valence-corrected chi connectivity index (χ2v) is 5.63. The van der Waals surface area contributed by atoms with Gasteiger partial charge >= 0.3 is 0 Å². The number of thiazole rings is 1. The van der Waals surface area contributed by atoms with Crippen LogP contribution in [0, 0.1) is 13.8 Å². The fourth-order valence-corrected chi connectivity index (χ4v) is 2.61. The maximum absolute atomic E-state index is 4.35. The number of nitrogens with zero attached hydrogens (tertiary/aromatic N) is 3. The van der Waals surface area contributed by atoms with Gasteiger partial charge in [0.1, 0.15) is 5.01 Å². The normalized spacial score (nSPS) is 12.9. The van der Waals surface area contributed by atoms with E-state index in [9.17, 15) is 0 Å². The maximum atomic E-state index is 4.35. The molecule has 0 amide bonds. The van der Waals surface area contributed by atoms with Gasteiger partial charge in [0.2, 0.25) is 0 Å². The lowest BCUT2D eigenvalue weighted by Gasteiger charge is -2.11. The largest absolute Gasteiger partial charge is 0.304 e. The fourth-order valence-electron chi connectivity index (χ4n) is 1.88. The first-order chi connectivity index (χ1) is 8.06. The average Bonchev–Trinajstić information content (AvgIpc) is 2.81. The van der Waals surface area contributed by atoms with Gasteiger partial charge in [-0.1, -0.05) is 0 Å². The van der Waals surface area contributed by atoms with E-state index in [1.165, 1.54) is 10.4 Å². The summed E-state index contributed by atoms with van der Waals surface area (Å²) in [6.45, 7) is 7.09. The summed E-state index contributed by atoms with van der Waals surface area (Å²) < 4.78 is 1.86. The van der Waals surface area contributed by atoms with Gasteiger partial charge in [-0.3, -0.25) is 4.68 Å². The van der Waals surface area contributed by atoms with E-state index in [4.69, 9.17) is 0 Å². The molecule has 92 valence electrons. The minimum atomic E-state index is 0.299. The molecule has 0 aliphatic heterocycles. The minimum Gasteiger partial charge on any atom is -0.304 e. The monoisotopic (exact) mass is 250 g/mol. The summed E-state index contributed by atoms with van der Waals surface area (Å²) in [7, 11) is 1.95. The molecule has 5 heteroatoms. The van der Waals surface area contributed by atoms with Crippen LogP contribution in [0.4, 0.5) is 0 Å². The van der Waals surface area contributed by atoms with Gasteiger partial charge in [0, 0.05) is 42.5 Å². The number of nitrogens with one attached hydrogen (secondary N) is 1. The summed E-state index contributed by atoms with van der Waals surface area (Å²) in [6, 6.07) is 0.299. The molecule has 0 aromatic carbocycles. The molecule has 2 aromatic heterocycles. The fraction of sp³-hybridized carbons (Fsp3) is 0.500. The van der Waals surface area contributed by atoms with Crippen LogP contribution >= 0.6 is 11.3 Å². The molecule has 0 aliphatic rings. The van der Waals surface area contributed by atoms with E-state index >= 15 is 0 Å². The van der Waals surface area contributed by atoms with Gasteiger partial charge in [-0.25, -0.2) is 4.98 Å². The lowest BCUT2D eigenvalue weighted by molar-refractivity contribution is 0.570. The van der Waals surface area contributed by atoms with E-state index in [0.29, 0.717) is 6.04 Å². The van der Waals surface area contributed by atoms with Crippen molar-refractivity contribution in [2.45, 2.75) is 33.4 Å². The molecule has 1 atom stereocenters. The third-order valence-electron chi connectivity index (χ3n) is 2.75. The van der Waals surface area contributed by atoms with Crippen LogP contribution in [0.1, 0.15) is 34.1 Å². The number of hydrogen-bond acceptors (Lipinski definition) is 4. The van der Waals surface area contributed by atoms with E-state index < -0.39 is 0 Å². The zero-order chi connectivity index (χ0) is 12.4. The van der Waals surface area contributed by atoms with Crippen molar-refractivity contribution in [3.63, 3.8) is 0 Å². The first-order valence-corrected chi connectivity index (χ1v) is 6.52. The van der Waals surface area contributed by atoms with Crippen LogP contribution < -0.4 is 5.32 Å². The Kier molecular flexibility index (Phi) is 3.59. The molecule has 0 aliphatic carbocycles. The standard InChI is InChI=1S/C12H18N4S/c1-8-5-14-12(17-8)6-13-9(2)11-7-16(4)15-10(11)3/h5,7,9,13H,6H2,1-4H3. The molecule has 1 N–H and O–H groups in total. The number of hydrogen-bond donors (Lipinski definition) is 1. The summed E-state index contributed by atoms with van der Waals surface area (Å²) in [4.78, 5) is 5.60. The van der Waals surface area contributed by atoms with Gasteiger partial charge in [-0.2, -0.15) is 5.10 Å². The van der Waals surface area contributed by atoms with Crippen LogP contribution in [0.25, 0.3) is 0 Å². The van der Waals surface area contributed by atoms with Crippen LogP contribution in [0.2, 0.25) is 0 Å². The highest BCUT2D eigenvalue weighted by Gasteiger charge is 2.11. The predicted octanol–water partition coefficient (Wildman–Crippen LogP) is 2.34. The van der Waals surface area contributed by atoms with Gasteiger partial charge in [-0.15, -0.1) is 11.3 Å². The molecule has 0 saturated heterocycles. The summed E-state index contributed by atoms with van der Waals surface area (Å²) in [5.41, 5.74) is 2.34. The SMILES string of the molecule is Cc1cnc(CNC(C)c2cn(C)nc2C)s1. The highest BCUT2D eigenvalue weighted by molar-refractivity contribution is 7.11. The summed E-state index contributed by atoms with van der Waals surface area (Å²) in [5.74, 6) is 0. The topological polar surface area (TPSA) is 42.7 Å². The third kappa shape index (κ3) is 2.92. The Labute approximate surface area is 106 Å². The molecule has 0 bridgehead atoms. The third-order valence-corrected chi connectivity index (χ3v) is 3.66. The first kappa shape index (κ1) is 12.3. The molecular weight excluding hydrogens is 232 g/mol. The lowest BCUT2D eigenvalue weighted by Crippen LogP contribution is -2.18. The minimum absolute atomic E-state index is 0.299. The van der Waals surface area contributed by atoms with E-state index in [0.717, 1.165) is 17.2 Å². The zero-order valence-corrected chi connectivity index (χ0v) is 11.5. The van der Waals surface area contributed by atoms with E-state index in [1.54, 1.807) is 11.3 Å². The molecular formula is C12H18N4S. The maximum Gasteiger partial charge on any atom is 0.107 e. The van der Waals surface area contributed by atoms with Gasteiger partial charge in [0.05, 0.1) is 5.69 Å². The van der Waals surface area contributed by atoms with E-state index in [-0.39, 0.29) is 0 Å². The molecule has 17 heavy (non-hydrogen) atoms. The van der Waals surface area contributed by atoms with Crippen molar-refractivity contribution in [1.29, 1.82) is 0 Å². The number of rotatable bonds is 4. The number of aryl methyl sites for hydroxylation is 3. The van der Waals surface area contributed by atoms with Crippen molar-refractivity contribution >= 4 is 11.3 Å². The molecule has 0 spiro atoms. The van der Waals surface area contributed by atoms with Crippen LogP contribution in [-0.4, -0.2) is 14.8 Å². The van der Waals surface area contributed by atoms with E-state index in [2.05, 4.69) is 35.4 Å². The smallest absolute Gasteiger partial charge is 0.107 e. The molecule has 2 heterocycles. The quantitative estimate of drug-likeness (QED) is 0.905. The van der Waals surface area contributed by atoms with Gasteiger partial charge in [-0.05, 0) is 20.8 Å². The summed E-state index contributed by atoms with van der Waals surface area (Å²) >= 11 is 1.74. The Balaban J connectivity index is 1.97. The van der Waals surface area contributed by atoms with Crippen molar-refractivity contribution in [2.75, 3.05) is 0 Å². The van der Waals surface area contributed by atoms with Crippen molar-refractivity contribution in [3.05, 3.63) is 33.5 Å². The molecule has 1 unspecified atom stereocenters. The van der Waals surface area contributed by atoms with Crippen LogP contribution in [0.15, 0.2) is 12.4 Å². The second kappa shape index (κ2) is 4.98. The van der Waals surface area contributed by atoms with Gasteiger partial charge < -0.3 is 5.32 Å². The molecule has 2 aromatic rings. The molecule has 0 saturated carbocycles. The molecule has 0 radical (unpaired) electrons. The highest BCUT2D eigenvalue weighted by Crippen LogP contribution is 2.17. The van der Waals surface area contributed by atoms with Crippen LogP contribution in [0.3, 0.4) is 0 Å². The highest BCUT2D eigenvalue weighted by atomic mass is 32.1. The number of aromatic nitrogens is 3. The predicted molar refractivity (Wildman–Crippen MR) is 70.1 cm³/mol. The molecule has 0 fully saturated rings. The molecule has 2 rings (SSSR count). The Morgan fingerprint density at radius 2 is 2.24 bits per heavy atom. The molecule has 4 nitrogen and oxygen atoms in total. The van der Waals surface area contributed by atoms with Crippen LogP contribution in [0.5, 0.6) is 0 Å². The lowest BCUT2D eigenvalue weighted by atomic mass is 10.1.